The first-order valence-corrected chi connectivity index (χ1v) is 6.81. The molecule has 20 heavy (non-hydrogen) atoms. The maximum absolute atomic E-state index is 5.94. The number of hydrogen-bond donors (Lipinski definition) is 1. The number of nitrogen functional groups attached to an aromatic ring is 1. The van der Waals surface area contributed by atoms with Crippen LogP contribution in [0.1, 0.15) is 37.6 Å². The molecular formula is C17H22N2O. The average molecular weight is 270 g/mol. The fourth-order valence-electron chi connectivity index (χ4n) is 2.09. The molecule has 0 radical (unpaired) electrons. The fourth-order valence-corrected chi connectivity index (χ4v) is 2.09. The van der Waals surface area contributed by atoms with Gasteiger partial charge in [0.25, 0.3) is 0 Å². The van der Waals surface area contributed by atoms with Crippen molar-refractivity contribution in [1.82, 2.24) is 4.98 Å². The van der Waals surface area contributed by atoms with Crippen LogP contribution in [0.25, 0.3) is 0 Å². The summed E-state index contributed by atoms with van der Waals surface area (Å²) in [7, 11) is 0. The summed E-state index contributed by atoms with van der Waals surface area (Å²) in [6.45, 7) is 9.09. The second-order valence-electron chi connectivity index (χ2n) is 6.09. The summed E-state index contributed by atoms with van der Waals surface area (Å²) in [6.07, 6.45) is 0. The van der Waals surface area contributed by atoms with Crippen molar-refractivity contribution < 1.29 is 4.74 Å². The van der Waals surface area contributed by atoms with E-state index in [4.69, 9.17) is 10.5 Å². The van der Waals surface area contributed by atoms with Crippen molar-refractivity contribution in [3.63, 3.8) is 0 Å². The van der Waals surface area contributed by atoms with Gasteiger partial charge in [0.2, 0.25) is 0 Å². The Bertz CT molecular complexity index is 600. The molecule has 0 amide bonds. The van der Waals surface area contributed by atoms with Crippen molar-refractivity contribution in [3.8, 4) is 5.75 Å². The number of pyridine rings is 1. The first-order chi connectivity index (χ1) is 9.36. The quantitative estimate of drug-likeness (QED) is 0.921. The molecule has 0 spiro atoms. The van der Waals surface area contributed by atoms with Crippen LogP contribution in [0, 0.1) is 6.92 Å². The Balaban J connectivity index is 2.21. The van der Waals surface area contributed by atoms with Gasteiger partial charge in [0, 0.05) is 0 Å². The van der Waals surface area contributed by atoms with E-state index in [1.807, 2.05) is 18.2 Å². The van der Waals surface area contributed by atoms with Crippen molar-refractivity contribution in [1.29, 1.82) is 0 Å². The van der Waals surface area contributed by atoms with Gasteiger partial charge in [0.15, 0.2) is 0 Å². The normalized spacial score (nSPS) is 11.4. The summed E-state index contributed by atoms with van der Waals surface area (Å²) >= 11 is 0. The summed E-state index contributed by atoms with van der Waals surface area (Å²) in [5.74, 6) is 1.43. The van der Waals surface area contributed by atoms with E-state index in [1.165, 1.54) is 11.1 Å². The molecule has 0 unspecified atom stereocenters. The van der Waals surface area contributed by atoms with Gasteiger partial charge in [-0.3, -0.25) is 0 Å². The van der Waals surface area contributed by atoms with E-state index in [9.17, 15) is 0 Å². The van der Waals surface area contributed by atoms with E-state index in [2.05, 4.69) is 44.8 Å². The van der Waals surface area contributed by atoms with Crippen LogP contribution < -0.4 is 10.5 Å². The van der Waals surface area contributed by atoms with Gasteiger partial charge >= 0.3 is 0 Å². The Morgan fingerprint density at radius 2 is 1.90 bits per heavy atom. The zero-order valence-electron chi connectivity index (χ0n) is 12.6. The molecule has 0 bridgehead atoms. The zero-order chi connectivity index (χ0) is 14.8. The van der Waals surface area contributed by atoms with E-state index in [1.54, 1.807) is 6.07 Å². The molecule has 0 saturated carbocycles. The number of nitrogens with zero attached hydrogens (tertiary/aromatic N) is 1. The second kappa shape index (κ2) is 5.53. The minimum atomic E-state index is 0.0461. The number of aryl methyl sites for hydroxylation is 1. The lowest BCUT2D eigenvalue weighted by atomic mass is 9.85. The lowest BCUT2D eigenvalue weighted by Gasteiger charge is -2.23. The van der Waals surface area contributed by atoms with Gasteiger partial charge in [0.05, 0.1) is 5.69 Å². The maximum atomic E-state index is 5.94. The highest BCUT2D eigenvalue weighted by molar-refractivity contribution is 5.41. The first kappa shape index (κ1) is 14.4. The van der Waals surface area contributed by atoms with Crippen molar-refractivity contribution in [2.45, 2.75) is 39.7 Å². The van der Waals surface area contributed by atoms with E-state index >= 15 is 0 Å². The molecule has 106 valence electrons. The Labute approximate surface area is 120 Å². The summed E-state index contributed by atoms with van der Waals surface area (Å²) in [4.78, 5) is 4.25. The molecule has 3 heteroatoms. The zero-order valence-corrected chi connectivity index (χ0v) is 12.6. The Kier molecular flexibility index (Phi) is 3.98. The topological polar surface area (TPSA) is 48.1 Å². The van der Waals surface area contributed by atoms with Crippen LogP contribution in [-0.4, -0.2) is 4.98 Å². The standard InChI is InChI=1S/C17H22N2O/c1-12-8-9-15(14(10-12)17(2,3)4)20-11-13-6-5-7-16(18)19-13/h5-10H,11H2,1-4H3,(H2,18,19). The van der Waals surface area contributed by atoms with Crippen LogP contribution in [0.3, 0.4) is 0 Å². The van der Waals surface area contributed by atoms with Gasteiger partial charge in [-0.15, -0.1) is 0 Å². The Morgan fingerprint density at radius 3 is 2.55 bits per heavy atom. The Morgan fingerprint density at radius 1 is 1.15 bits per heavy atom. The van der Waals surface area contributed by atoms with Crippen LogP contribution in [0.2, 0.25) is 0 Å². The third kappa shape index (κ3) is 3.50. The van der Waals surface area contributed by atoms with Crippen LogP contribution in [0.15, 0.2) is 36.4 Å². The molecule has 2 rings (SSSR count). The van der Waals surface area contributed by atoms with E-state index in [0.29, 0.717) is 12.4 Å². The first-order valence-electron chi connectivity index (χ1n) is 6.81. The van der Waals surface area contributed by atoms with Crippen LogP contribution >= 0.6 is 0 Å². The molecule has 0 aliphatic heterocycles. The van der Waals surface area contributed by atoms with Crippen LogP contribution in [-0.2, 0) is 12.0 Å². The van der Waals surface area contributed by atoms with Gasteiger partial charge in [-0.25, -0.2) is 4.98 Å². The predicted octanol–water partition coefficient (Wildman–Crippen LogP) is 3.85. The number of rotatable bonds is 3. The van der Waals surface area contributed by atoms with E-state index in [-0.39, 0.29) is 5.41 Å². The van der Waals surface area contributed by atoms with Crippen LogP contribution in [0.4, 0.5) is 5.82 Å². The number of anilines is 1. The minimum absolute atomic E-state index is 0.0461. The lowest BCUT2D eigenvalue weighted by molar-refractivity contribution is 0.293. The van der Waals surface area contributed by atoms with Gasteiger partial charge < -0.3 is 10.5 Å². The van der Waals surface area contributed by atoms with E-state index < -0.39 is 0 Å². The molecule has 0 aliphatic rings. The lowest BCUT2D eigenvalue weighted by Crippen LogP contribution is -2.14. The molecule has 1 heterocycles. The van der Waals surface area contributed by atoms with Crippen molar-refractivity contribution in [2.24, 2.45) is 0 Å². The minimum Gasteiger partial charge on any atom is -0.487 e. The van der Waals surface area contributed by atoms with Gasteiger partial charge in [0.1, 0.15) is 18.2 Å². The molecule has 0 fully saturated rings. The second-order valence-corrected chi connectivity index (χ2v) is 6.09. The van der Waals surface area contributed by atoms with Crippen molar-refractivity contribution in [2.75, 3.05) is 5.73 Å². The molecule has 3 nitrogen and oxygen atoms in total. The molecule has 2 aromatic rings. The number of nitrogens with two attached hydrogens (primary N) is 1. The van der Waals surface area contributed by atoms with Crippen LogP contribution in [0.5, 0.6) is 5.75 Å². The van der Waals surface area contributed by atoms with Crippen molar-refractivity contribution in [3.05, 3.63) is 53.2 Å². The molecule has 0 atom stereocenters. The fraction of sp³-hybridized carbons (Fsp3) is 0.353. The summed E-state index contributed by atoms with van der Waals surface area (Å²) in [5, 5.41) is 0. The molecule has 0 saturated heterocycles. The monoisotopic (exact) mass is 270 g/mol. The predicted molar refractivity (Wildman–Crippen MR) is 82.9 cm³/mol. The summed E-state index contributed by atoms with van der Waals surface area (Å²) in [6, 6.07) is 11.9. The average Bonchev–Trinajstić information content (AvgIpc) is 2.36. The molecule has 2 N–H and O–H groups in total. The summed E-state index contributed by atoms with van der Waals surface area (Å²) in [5.41, 5.74) is 9.01. The largest absolute Gasteiger partial charge is 0.487 e. The highest BCUT2D eigenvalue weighted by atomic mass is 16.5. The third-order valence-electron chi connectivity index (χ3n) is 3.15. The number of ether oxygens (including phenoxy) is 1. The molecule has 0 aliphatic carbocycles. The number of hydrogen-bond acceptors (Lipinski definition) is 3. The third-order valence-corrected chi connectivity index (χ3v) is 3.15. The highest BCUT2D eigenvalue weighted by Crippen LogP contribution is 2.32. The Hall–Kier alpha value is -2.03. The molecule has 1 aromatic heterocycles. The van der Waals surface area contributed by atoms with Gasteiger partial charge in [-0.2, -0.15) is 0 Å². The van der Waals surface area contributed by atoms with Gasteiger partial charge in [-0.1, -0.05) is 44.5 Å². The van der Waals surface area contributed by atoms with Crippen molar-refractivity contribution >= 4 is 5.82 Å². The smallest absolute Gasteiger partial charge is 0.130 e. The molecular weight excluding hydrogens is 248 g/mol. The summed E-state index contributed by atoms with van der Waals surface area (Å²) < 4.78 is 5.94. The molecule has 1 aromatic carbocycles. The number of benzene rings is 1. The van der Waals surface area contributed by atoms with E-state index in [0.717, 1.165) is 11.4 Å². The number of aromatic nitrogens is 1. The SMILES string of the molecule is Cc1ccc(OCc2cccc(N)n2)c(C(C)(C)C)c1. The van der Waals surface area contributed by atoms with Gasteiger partial charge in [-0.05, 0) is 36.1 Å². The maximum Gasteiger partial charge on any atom is 0.130 e. The highest BCUT2D eigenvalue weighted by Gasteiger charge is 2.19.